The molecule has 27 heavy (non-hydrogen) atoms. The van der Waals surface area contributed by atoms with Crippen LogP contribution in [0.5, 0.6) is 0 Å². The van der Waals surface area contributed by atoms with E-state index < -0.39 is 0 Å². The number of benzene rings is 1. The van der Waals surface area contributed by atoms with Gasteiger partial charge in [-0.1, -0.05) is 50.6 Å². The normalized spacial score (nSPS) is 15.6. The van der Waals surface area contributed by atoms with Gasteiger partial charge in [0.25, 0.3) is 0 Å². The Bertz CT molecular complexity index is 960. The number of nitrogens with zero attached hydrogens (tertiary/aromatic N) is 5. The minimum atomic E-state index is 0.193. The first-order chi connectivity index (χ1) is 13.1. The molecule has 0 atom stereocenters. The van der Waals surface area contributed by atoms with Gasteiger partial charge < -0.3 is 4.90 Å². The predicted molar refractivity (Wildman–Crippen MR) is 108 cm³/mol. The Kier molecular flexibility index (Phi) is 5.29. The topological polar surface area (TPSA) is 63.4 Å². The lowest BCUT2D eigenvalue weighted by Crippen LogP contribution is -2.33. The van der Waals surface area contributed by atoms with Gasteiger partial charge in [0, 0.05) is 24.4 Å². The van der Waals surface area contributed by atoms with Crippen molar-refractivity contribution in [2.45, 2.75) is 50.6 Å². The number of thioether (sulfide) groups is 1. The summed E-state index contributed by atoms with van der Waals surface area (Å²) in [5.41, 5.74) is 1.74. The Hall–Kier alpha value is -2.15. The smallest absolute Gasteiger partial charge is 0.233 e. The molecule has 0 radical (unpaired) electrons. The predicted octanol–water partition coefficient (Wildman–Crippen LogP) is 3.90. The summed E-state index contributed by atoms with van der Waals surface area (Å²) in [4.78, 5) is 19.5. The standard InChI is InChI=1S/C20H25N5OS/c1-14(2)18-21-16-10-6-5-9-15(16)19-22-23-20(25(18)19)27-13-17(26)24-11-7-3-4-8-12-24/h5-6,9-10,14H,3-4,7-8,11-13H2,1-2H3. The molecule has 0 N–H and O–H groups in total. The fraction of sp³-hybridized carbons (Fsp3) is 0.500. The molecule has 4 rings (SSSR count). The molecular formula is C20H25N5OS. The molecule has 0 saturated carbocycles. The minimum absolute atomic E-state index is 0.193. The average Bonchev–Trinajstić information content (AvgIpc) is 2.91. The van der Waals surface area contributed by atoms with Crippen LogP contribution in [-0.2, 0) is 4.79 Å². The molecule has 3 aromatic rings. The maximum Gasteiger partial charge on any atom is 0.233 e. The second kappa shape index (κ2) is 7.84. The van der Waals surface area contributed by atoms with E-state index in [0.29, 0.717) is 5.75 Å². The summed E-state index contributed by atoms with van der Waals surface area (Å²) in [6.07, 6.45) is 4.67. The average molecular weight is 384 g/mol. The van der Waals surface area contributed by atoms with Crippen molar-refractivity contribution in [3.05, 3.63) is 30.1 Å². The van der Waals surface area contributed by atoms with Crippen molar-refractivity contribution in [3.8, 4) is 0 Å². The van der Waals surface area contributed by atoms with E-state index in [-0.39, 0.29) is 11.8 Å². The molecule has 1 aliphatic rings. The minimum Gasteiger partial charge on any atom is -0.342 e. The summed E-state index contributed by atoms with van der Waals surface area (Å²) in [6, 6.07) is 8.00. The lowest BCUT2D eigenvalue weighted by Gasteiger charge is -2.19. The molecule has 0 aliphatic carbocycles. The van der Waals surface area contributed by atoms with Crippen LogP contribution in [0.25, 0.3) is 16.6 Å². The number of rotatable bonds is 4. The molecule has 1 fully saturated rings. The third kappa shape index (κ3) is 3.65. The van der Waals surface area contributed by atoms with Gasteiger partial charge in [0.1, 0.15) is 5.82 Å². The SMILES string of the molecule is CC(C)c1nc2ccccc2c2nnc(SCC(=O)N3CCCCCC3)n12. The quantitative estimate of drug-likeness (QED) is 0.640. The molecule has 1 amide bonds. The summed E-state index contributed by atoms with van der Waals surface area (Å²) in [5, 5.41) is 10.5. The summed E-state index contributed by atoms with van der Waals surface area (Å²) in [6.45, 7) is 5.99. The molecular weight excluding hydrogens is 358 g/mol. The largest absolute Gasteiger partial charge is 0.342 e. The monoisotopic (exact) mass is 383 g/mol. The van der Waals surface area contributed by atoms with E-state index in [1.54, 1.807) is 0 Å². The van der Waals surface area contributed by atoms with Crippen LogP contribution in [0.1, 0.15) is 51.3 Å². The van der Waals surface area contributed by atoms with E-state index in [1.807, 2.05) is 33.6 Å². The second-order valence-electron chi connectivity index (χ2n) is 7.37. The van der Waals surface area contributed by atoms with Crippen LogP contribution >= 0.6 is 11.8 Å². The summed E-state index contributed by atoms with van der Waals surface area (Å²) in [5.74, 6) is 1.75. The van der Waals surface area contributed by atoms with Crippen molar-refractivity contribution in [1.29, 1.82) is 0 Å². The highest BCUT2D eigenvalue weighted by Crippen LogP contribution is 2.27. The Morgan fingerprint density at radius 3 is 2.59 bits per heavy atom. The molecule has 0 bridgehead atoms. The van der Waals surface area contributed by atoms with Crippen molar-refractivity contribution >= 4 is 34.2 Å². The number of amides is 1. The van der Waals surface area contributed by atoms with Crippen molar-refractivity contribution in [1.82, 2.24) is 24.5 Å². The van der Waals surface area contributed by atoms with Crippen LogP contribution in [0.3, 0.4) is 0 Å². The van der Waals surface area contributed by atoms with Crippen LogP contribution in [0.2, 0.25) is 0 Å². The fourth-order valence-electron chi connectivity index (χ4n) is 3.60. The zero-order valence-electron chi connectivity index (χ0n) is 15.9. The number of hydrogen-bond donors (Lipinski definition) is 0. The lowest BCUT2D eigenvalue weighted by atomic mass is 10.2. The third-order valence-corrected chi connectivity index (χ3v) is 5.96. The van der Waals surface area contributed by atoms with E-state index in [0.717, 1.165) is 53.5 Å². The van der Waals surface area contributed by atoms with Crippen molar-refractivity contribution in [2.24, 2.45) is 0 Å². The van der Waals surface area contributed by atoms with Gasteiger partial charge in [-0.25, -0.2) is 4.98 Å². The maximum absolute atomic E-state index is 12.6. The zero-order valence-corrected chi connectivity index (χ0v) is 16.7. The zero-order chi connectivity index (χ0) is 18.8. The molecule has 2 aromatic heterocycles. The molecule has 1 aromatic carbocycles. The van der Waals surface area contributed by atoms with E-state index in [1.165, 1.54) is 24.6 Å². The van der Waals surface area contributed by atoms with Gasteiger partial charge in [-0.05, 0) is 25.0 Å². The molecule has 6 nitrogen and oxygen atoms in total. The van der Waals surface area contributed by atoms with Gasteiger partial charge in [-0.2, -0.15) is 0 Å². The van der Waals surface area contributed by atoms with Crippen LogP contribution in [0, 0.1) is 0 Å². The Morgan fingerprint density at radius 2 is 1.85 bits per heavy atom. The van der Waals surface area contributed by atoms with Gasteiger partial charge in [0.2, 0.25) is 5.91 Å². The van der Waals surface area contributed by atoms with Crippen LogP contribution in [-0.4, -0.2) is 49.2 Å². The van der Waals surface area contributed by atoms with E-state index in [2.05, 4.69) is 24.0 Å². The highest BCUT2D eigenvalue weighted by atomic mass is 32.2. The first kappa shape index (κ1) is 18.2. The second-order valence-corrected chi connectivity index (χ2v) is 8.31. The maximum atomic E-state index is 12.6. The van der Waals surface area contributed by atoms with Gasteiger partial charge in [-0.3, -0.25) is 9.20 Å². The van der Waals surface area contributed by atoms with Crippen LogP contribution in [0.4, 0.5) is 0 Å². The Balaban J connectivity index is 1.64. The van der Waals surface area contributed by atoms with Crippen molar-refractivity contribution in [3.63, 3.8) is 0 Å². The highest BCUT2D eigenvalue weighted by Gasteiger charge is 2.20. The summed E-state index contributed by atoms with van der Waals surface area (Å²) >= 11 is 1.46. The Morgan fingerprint density at radius 1 is 1.11 bits per heavy atom. The fourth-order valence-corrected chi connectivity index (χ4v) is 4.45. The Labute approximate surface area is 163 Å². The number of para-hydroxylation sites is 1. The molecule has 3 heterocycles. The first-order valence-corrected chi connectivity index (χ1v) is 10.7. The van der Waals surface area contributed by atoms with Gasteiger partial charge in [-0.15, -0.1) is 10.2 Å². The van der Waals surface area contributed by atoms with Crippen LogP contribution in [0.15, 0.2) is 29.4 Å². The number of fused-ring (bicyclic) bond motifs is 3. The van der Waals surface area contributed by atoms with Crippen molar-refractivity contribution < 1.29 is 4.79 Å². The van der Waals surface area contributed by atoms with Gasteiger partial charge in [0.05, 0.1) is 11.3 Å². The molecule has 0 unspecified atom stereocenters. The summed E-state index contributed by atoms with van der Waals surface area (Å²) < 4.78 is 2.02. The summed E-state index contributed by atoms with van der Waals surface area (Å²) in [7, 11) is 0. The number of hydrogen-bond acceptors (Lipinski definition) is 5. The van der Waals surface area contributed by atoms with E-state index in [9.17, 15) is 4.79 Å². The van der Waals surface area contributed by atoms with E-state index >= 15 is 0 Å². The lowest BCUT2D eigenvalue weighted by molar-refractivity contribution is -0.128. The number of aromatic nitrogens is 4. The molecule has 7 heteroatoms. The number of likely N-dealkylation sites (tertiary alicyclic amines) is 1. The van der Waals surface area contributed by atoms with Gasteiger partial charge >= 0.3 is 0 Å². The van der Waals surface area contributed by atoms with E-state index in [4.69, 9.17) is 4.98 Å². The molecule has 0 spiro atoms. The molecule has 1 aliphatic heterocycles. The van der Waals surface area contributed by atoms with Gasteiger partial charge in [0.15, 0.2) is 10.8 Å². The molecule has 142 valence electrons. The molecule has 1 saturated heterocycles. The highest BCUT2D eigenvalue weighted by molar-refractivity contribution is 7.99. The number of carbonyl (C=O) groups excluding carboxylic acids is 1. The van der Waals surface area contributed by atoms with Crippen molar-refractivity contribution in [2.75, 3.05) is 18.8 Å². The van der Waals surface area contributed by atoms with Crippen LogP contribution < -0.4 is 0 Å². The third-order valence-electron chi connectivity index (χ3n) is 5.04. The number of carbonyl (C=O) groups is 1. The first-order valence-electron chi connectivity index (χ1n) is 9.69.